The van der Waals surface area contributed by atoms with Crippen molar-refractivity contribution in [2.45, 2.75) is 13.8 Å². The van der Waals surface area contributed by atoms with E-state index in [0.717, 1.165) is 0 Å². The molecule has 6 rings (SSSR count). The van der Waals surface area contributed by atoms with Crippen LogP contribution in [0.25, 0.3) is 51.8 Å². The number of fused-ring (bicyclic) bond motifs is 3. The normalized spacial score (nSPS) is 11.8. The summed E-state index contributed by atoms with van der Waals surface area (Å²) < 4.78 is 2.39. The molecule has 0 atom stereocenters. The van der Waals surface area contributed by atoms with Crippen molar-refractivity contribution in [2.75, 3.05) is 0 Å². The van der Waals surface area contributed by atoms with Gasteiger partial charge in [0.2, 0.25) is 0 Å². The van der Waals surface area contributed by atoms with E-state index in [0.29, 0.717) is 0 Å². The van der Waals surface area contributed by atoms with E-state index in [9.17, 15) is 0 Å². The number of hydrogen-bond donors (Lipinski definition) is 0. The van der Waals surface area contributed by atoms with Crippen LogP contribution in [-0.4, -0.2) is 4.57 Å². The zero-order chi connectivity index (χ0) is 25.2. The van der Waals surface area contributed by atoms with Crippen LogP contribution < -0.4 is 0 Å². The molecule has 0 aliphatic rings. The second kappa shape index (κ2) is 9.79. The third kappa shape index (κ3) is 4.77. The Bertz CT molecular complexity index is 1630. The van der Waals surface area contributed by atoms with Crippen molar-refractivity contribution < 1.29 is 0 Å². The number of para-hydroxylation sites is 1. The van der Waals surface area contributed by atoms with Crippen molar-refractivity contribution >= 4 is 46.1 Å². The molecule has 0 fully saturated rings. The molecule has 0 spiro atoms. The summed E-state index contributed by atoms with van der Waals surface area (Å²) in [7, 11) is 0. The molecule has 1 heterocycles. The Kier molecular flexibility index (Phi) is 6.04. The number of aromatic nitrogens is 1. The fraction of sp³-hybridized carbons (Fsp3) is 0.0556. The molecule has 0 aliphatic heterocycles. The lowest BCUT2D eigenvalue weighted by atomic mass is 10.1. The standard InChI is InChI=1S/C36H29N/c1-26-8-12-28(13-9-26)16-18-30-20-22-33-34-23-21-31(19-17-29-14-10-27(2)11-15-29)25-36(34)37(35(33)24-30)32-6-4-3-5-7-32/h3-25H,1-2H3. The summed E-state index contributed by atoms with van der Waals surface area (Å²) in [6.45, 7) is 4.24. The minimum atomic E-state index is 1.17. The SMILES string of the molecule is Cc1ccc(C=Cc2ccc3c4ccc(C=Cc5ccc(C)cc5)cc4n(-c4ccccc4)c3c2)cc1. The molecule has 1 heteroatoms. The maximum atomic E-state index is 2.39. The third-order valence-corrected chi connectivity index (χ3v) is 6.92. The molecule has 0 radical (unpaired) electrons. The van der Waals surface area contributed by atoms with E-state index >= 15 is 0 Å². The van der Waals surface area contributed by atoms with E-state index < -0.39 is 0 Å². The highest BCUT2D eigenvalue weighted by atomic mass is 15.0. The first-order chi connectivity index (χ1) is 18.1. The van der Waals surface area contributed by atoms with Gasteiger partial charge in [-0.15, -0.1) is 0 Å². The van der Waals surface area contributed by atoms with Gasteiger partial charge >= 0.3 is 0 Å². The van der Waals surface area contributed by atoms with Crippen LogP contribution in [0, 0.1) is 13.8 Å². The maximum absolute atomic E-state index is 2.39. The van der Waals surface area contributed by atoms with Gasteiger partial charge in [-0.2, -0.15) is 0 Å². The number of hydrogen-bond acceptors (Lipinski definition) is 0. The molecule has 0 unspecified atom stereocenters. The number of rotatable bonds is 5. The molecule has 0 amide bonds. The smallest absolute Gasteiger partial charge is 0.0547 e. The molecule has 1 aromatic heterocycles. The average Bonchev–Trinajstić information content (AvgIpc) is 3.26. The lowest BCUT2D eigenvalue weighted by molar-refractivity contribution is 1.18. The van der Waals surface area contributed by atoms with Gasteiger partial charge < -0.3 is 4.57 Å². The highest BCUT2D eigenvalue weighted by Gasteiger charge is 2.13. The second-order valence-electron chi connectivity index (χ2n) is 9.71. The van der Waals surface area contributed by atoms with Crippen LogP contribution in [0.4, 0.5) is 0 Å². The average molecular weight is 476 g/mol. The summed E-state index contributed by atoms with van der Waals surface area (Å²) in [6.07, 6.45) is 8.77. The van der Waals surface area contributed by atoms with Gasteiger partial charge in [0.25, 0.3) is 0 Å². The number of aryl methyl sites for hydroxylation is 2. The Morgan fingerprint density at radius 1 is 0.432 bits per heavy atom. The van der Waals surface area contributed by atoms with Crippen molar-refractivity contribution in [1.82, 2.24) is 4.57 Å². The molecule has 0 aliphatic carbocycles. The van der Waals surface area contributed by atoms with E-state index in [1.165, 1.54) is 60.9 Å². The van der Waals surface area contributed by atoms with Crippen LogP contribution in [0.2, 0.25) is 0 Å². The largest absolute Gasteiger partial charge is 0.309 e. The molecule has 1 nitrogen and oxygen atoms in total. The quantitative estimate of drug-likeness (QED) is 0.219. The summed E-state index contributed by atoms with van der Waals surface area (Å²) in [5.74, 6) is 0. The fourth-order valence-corrected chi connectivity index (χ4v) is 4.86. The van der Waals surface area contributed by atoms with Gasteiger partial charge in [-0.05, 0) is 60.4 Å². The number of nitrogens with zero attached hydrogens (tertiary/aromatic N) is 1. The highest BCUT2D eigenvalue weighted by molar-refractivity contribution is 6.10. The van der Waals surface area contributed by atoms with Crippen LogP contribution in [0.5, 0.6) is 0 Å². The van der Waals surface area contributed by atoms with Crippen LogP contribution in [-0.2, 0) is 0 Å². The van der Waals surface area contributed by atoms with Crippen molar-refractivity contribution in [3.63, 3.8) is 0 Å². The predicted molar refractivity (Wildman–Crippen MR) is 161 cm³/mol. The van der Waals surface area contributed by atoms with Crippen molar-refractivity contribution in [1.29, 1.82) is 0 Å². The third-order valence-electron chi connectivity index (χ3n) is 6.92. The van der Waals surface area contributed by atoms with E-state index in [4.69, 9.17) is 0 Å². The Hall–Kier alpha value is -4.62. The van der Waals surface area contributed by atoms with Gasteiger partial charge in [0, 0.05) is 16.5 Å². The van der Waals surface area contributed by atoms with Gasteiger partial charge in [0.1, 0.15) is 0 Å². The van der Waals surface area contributed by atoms with Crippen LogP contribution >= 0.6 is 0 Å². The van der Waals surface area contributed by atoms with Gasteiger partial charge in [0.05, 0.1) is 11.0 Å². The lowest BCUT2D eigenvalue weighted by Crippen LogP contribution is -1.93. The van der Waals surface area contributed by atoms with Gasteiger partial charge in [-0.3, -0.25) is 0 Å². The summed E-state index contributed by atoms with van der Waals surface area (Å²) in [5, 5.41) is 2.53. The maximum Gasteiger partial charge on any atom is 0.0547 e. The molecule has 0 N–H and O–H groups in total. The molecule has 0 saturated heterocycles. The summed E-state index contributed by atoms with van der Waals surface area (Å²) in [5.41, 5.74) is 10.9. The molecule has 6 aromatic rings. The van der Waals surface area contributed by atoms with E-state index in [1.54, 1.807) is 0 Å². The van der Waals surface area contributed by atoms with Crippen molar-refractivity contribution in [3.05, 3.63) is 149 Å². The van der Waals surface area contributed by atoms with Crippen molar-refractivity contribution in [2.24, 2.45) is 0 Å². The molecular weight excluding hydrogens is 446 g/mol. The molecule has 37 heavy (non-hydrogen) atoms. The highest BCUT2D eigenvalue weighted by Crippen LogP contribution is 2.34. The number of benzene rings is 5. The summed E-state index contributed by atoms with van der Waals surface area (Å²) >= 11 is 0. The first kappa shape index (κ1) is 22.8. The molecule has 5 aromatic carbocycles. The minimum Gasteiger partial charge on any atom is -0.309 e. The lowest BCUT2D eigenvalue weighted by Gasteiger charge is -2.08. The van der Waals surface area contributed by atoms with Gasteiger partial charge in [-0.25, -0.2) is 0 Å². The summed E-state index contributed by atoms with van der Waals surface area (Å²) in [6, 6.07) is 41.5. The Balaban J connectivity index is 1.47. The van der Waals surface area contributed by atoms with Crippen LogP contribution in [0.15, 0.2) is 115 Å². The van der Waals surface area contributed by atoms with Gasteiger partial charge in [-0.1, -0.05) is 126 Å². The summed E-state index contributed by atoms with van der Waals surface area (Å²) in [4.78, 5) is 0. The van der Waals surface area contributed by atoms with E-state index in [2.05, 4.69) is 158 Å². The zero-order valence-corrected chi connectivity index (χ0v) is 21.2. The Morgan fingerprint density at radius 2 is 0.838 bits per heavy atom. The molecule has 0 saturated carbocycles. The predicted octanol–water partition coefficient (Wildman–Crippen LogP) is 9.74. The van der Waals surface area contributed by atoms with Crippen molar-refractivity contribution in [3.8, 4) is 5.69 Å². The van der Waals surface area contributed by atoms with Gasteiger partial charge in [0.15, 0.2) is 0 Å². The minimum absolute atomic E-state index is 1.17. The van der Waals surface area contributed by atoms with Crippen LogP contribution in [0.3, 0.4) is 0 Å². The van der Waals surface area contributed by atoms with E-state index in [-0.39, 0.29) is 0 Å². The van der Waals surface area contributed by atoms with Crippen LogP contribution in [0.1, 0.15) is 33.4 Å². The molecule has 178 valence electrons. The fourth-order valence-electron chi connectivity index (χ4n) is 4.86. The topological polar surface area (TPSA) is 4.93 Å². The first-order valence-electron chi connectivity index (χ1n) is 12.8. The molecular formula is C36H29N. The Labute approximate surface area is 218 Å². The first-order valence-corrected chi connectivity index (χ1v) is 12.8. The van der Waals surface area contributed by atoms with E-state index in [1.807, 2.05) is 0 Å². The Morgan fingerprint density at radius 3 is 1.30 bits per heavy atom. The monoisotopic (exact) mass is 475 g/mol. The zero-order valence-electron chi connectivity index (χ0n) is 21.2. The molecule has 0 bridgehead atoms. The second-order valence-corrected chi connectivity index (χ2v) is 9.71.